The zero-order valence-corrected chi connectivity index (χ0v) is 11.0. The first-order valence-corrected chi connectivity index (χ1v) is 7.60. The van der Waals surface area contributed by atoms with Crippen LogP contribution in [0.1, 0.15) is 6.42 Å². The van der Waals surface area contributed by atoms with Crippen molar-refractivity contribution >= 4 is 21.7 Å². The van der Waals surface area contributed by atoms with Crippen molar-refractivity contribution in [2.45, 2.75) is 12.6 Å². The van der Waals surface area contributed by atoms with Gasteiger partial charge >= 0.3 is 18.1 Å². The third kappa shape index (κ3) is 2.36. The quantitative estimate of drug-likeness (QED) is 0.729. The van der Waals surface area contributed by atoms with Gasteiger partial charge in [0.05, 0.1) is 16.9 Å². The molecule has 2 atom stereocenters. The monoisotopic (exact) mass is 315 g/mol. The van der Waals surface area contributed by atoms with Gasteiger partial charge in [0.25, 0.3) is 0 Å². The predicted octanol–water partition coefficient (Wildman–Crippen LogP) is -0.103. The minimum absolute atomic E-state index is 0.267. The molecule has 2 aliphatic rings. The number of nitrogens with zero attached hydrogens (tertiary/aromatic N) is 1. The molecular weight excluding hydrogens is 303 g/mol. The maximum Gasteiger partial charge on any atom is 0.471 e. The average molecular weight is 315 g/mol. The van der Waals surface area contributed by atoms with Crippen molar-refractivity contribution in [2.24, 2.45) is 11.3 Å². The molecule has 2 aliphatic heterocycles. The Bertz CT molecular complexity index is 558. The number of hydrogen-bond donors (Lipinski definition) is 1. The normalized spacial score (nSPS) is 32.8. The van der Waals surface area contributed by atoms with Crippen LogP contribution < -0.4 is 0 Å². The van der Waals surface area contributed by atoms with E-state index in [2.05, 4.69) is 0 Å². The fourth-order valence-electron chi connectivity index (χ4n) is 2.88. The van der Waals surface area contributed by atoms with Gasteiger partial charge in [0.2, 0.25) is 0 Å². The molecule has 20 heavy (non-hydrogen) atoms. The zero-order valence-electron chi connectivity index (χ0n) is 10.2. The molecule has 0 spiro atoms. The van der Waals surface area contributed by atoms with Crippen molar-refractivity contribution in [3.05, 3.63) is 0 Å². The Balaban J connectivity index is 2.31. The highest BCUT2D eigenvalue weighted by Crippen LogP contribution is 2.44. The number of carbonyl (C=O) groups is 2. The van der Waals surface area contributed by atoms with Crippen molar-refractivity contribution in [3.63, 3.8) is 0 Å². The Morgan fingerprint density at radius 2 is 1.90 bits per heavy atom. The molecule has 0 saturated carbocycles. The van der Waals surface area contributed by atoms with Gasteiger partial charge in [-0.1, -0.05) is 0 Å². The maximum absolute atomic E-state index is 12.4. The van der Waals surface area contributed by atoms with Crippen LogP contribution in [0.15, 0.2) is 0 Å². The van der Waals surface area contributed by atoms with E-state index < -0.39 is 58.1 Å². The van der Waals surface area contributed by atoms with Crippen molar-refractivity contribution in [2.75, 3.05) is 24.6 Å². The summed E-state index contributed by atoms with van der Waals surface area (Å²) in [4.78, 5) is 23.0. The summed E-state index contributed by atoms with van der Waals surface area (Å²) in [7, 11) is -3.48. The molecule has 0 aromatic rings. The topological polar surface area (TPSA) is 91.8 Å². The molecule has 0 aromatic carbocycles. The van der Waals surface area contributed by atoms with Crippen molar-refractivity contribution in [1.82, 2.24) is 4.90 Å². The van der Waals surface area contributed by atoms with Crippen LogP contribution in [0.25, 0.3) is 0 Å². The van der Waals surface area contributed by atoms with E-state index in [1.54, 1.807) is 0 Å². The number of carboxylic acid groups (broad SMARTS) is 1. The number of carboxylic acids is 1. The Hall–Kier alpha value is -1.32. The Morgan fingerprint density at radius 3 is 2.40 bits per heavy atom. The van der Waals surface area contributed by atoms with Gasteiger partial charge in [0.15, 0.2) is 9.84 Å². The molecule has 1 N–H and O–H groups in total. The highest BCUT2D eigenvalue weighted by Gasteiger charge is 2.59. The highest BCUT2D eigenvalue weighted by atomic mass is 32.2. The van der Waals surface area contributed by atoms with E-state index in [4.69, 9.17) is 0 Å². The fraction of sp³-hybridized carbons (Fsp3) is 0.800. The first kappa shape index (κ1) is 15.1. The minimum atomic E-state index is -5.09. The number of fused-ring (bicyclic) bond motifs is 1. The van der Waals surface area contributed by atoms with E-state index >= 15 is 0 Å². The minimum Gasteiger partial charge on any atom is -0.481 e. The zero-order chi connectivity index (χ0) is 15.3. The molecule has 1 amide bonds. The van der Waals surface area contributed by atoms with Crippen LogP contribution in [-0.4, -0.2) is 61.1 Å². The SMILES string of the molecule is O=C(N1C[C@H]2CS(=O)(=O)CC[C@@]2(C(=O)O)C1)C(F)(F)F. The highest BCUT2D eigenvalue weighted by molar-refractivity contribution is 7.91. The van der Waals surface area contributed by atoms with Gasteiger partial charge < -0.3 is 10.0 Å². The Morgan fingerprint density at radius 1 is 1.30 bits per heavy atom. The number of halogens is 3. The number of hydrogen-bond acceptors (Lipinski definition) is 4. The van der Waals surface area contributed by atoms with Crippen LogP contribution in [-0.2, 0) is 19.4 Å². The van der Waals surface area contributed by atoms with E-state index in [-0.39, 0.29) is 12.2 Å². The largest absolute Gasteiger partial charge is 0.481 e. The molecule has 114 valence electrons. The molecular formula is C10H12F3NO5S. The summed E-state index contributed by atoms with van der Waals surface area (Å²) in [6, 6.07) is 0. The number of sulfone groups is 1. The van der Waals surface area contributed by atoms with Crippen molar-refractivity contribution in [1.29, 1.82) is 0 Å². The van der Waals surface area contributed by atoms with Gasteiger partial charge in [0.1, 0.15) is 0 Å². The number of carbonyl (C=O) groups excluding carboxylic acids is 1. The first-order chi connectivity index (χ1) is 8.98. The van der Waals surface area contributed by atoms with Gasteiger partial charge in [-0.05, 0) is 6.42 Å². The van der Waals surface area contributed by atoms with Crippen LogP contribution >= 0.6 is 0 Å². The van der Waals surface area contributed by atoms with Crippen LogP contribution in [0, 0.1) is 11.3 Å². The second-order valence-corrected chi connectivity index (χ2v) is 7.43. The molecule has 2 heterocycles. The third-order valence-electron chi connectivity index (χ3n) is 3.97. The third-order valence-corrected chi connectivity index (χ3v) is 5.70. The molecule has 2 saturated heterocycles. The van der Waals surface area contributed by atoms with Crippen molar-refractivity contribution in [3.8, 4) is 0 Å². The summed E-state index contributed by atoms with van der Waals surface area (Å²) < 4.78 is 60.2. The maximum atomic E-state index is 12.4. The van der Waals surface area contributed by atoms with Gasteiger partial charge in [-0.2, -0.15) is 13.2 Å². The lowest BCUT2D eigenvalue weighted by Crippen LogP contribution is -2.47. The molecule has 0 aliphatic carbocycles. The average Bonchev–Trinajstić information content (AvgIpc) is 2.64. The van der Waals surface area contributed by atoms with E-state index in [1.807, 2.05) is 0 Å². The van der Waals surface area contributed by atoms with E-state index in [0.29, 0.717) is 4.90 Å². The number of alkyl halides is 3. The molecule has 10 heteroatoms. The number of likely N-dealkylation sites (tertiary alicyclic amines) is 1. The first-order valence-electron chi connectivity index (χ1n) is 5.78. The second-order valence-electron chi connectivity index (χ2n) is 5.21. The molecule has 2 fully saturated rings. The molecule has 0 bridgehead atoms. The molecule has 0 unspecified atom stereocenters. The predicted molar refractivity (Wildman–Crippen MR) is 59.5 cm³/mol. The summed E-state index contributed by atoms with van der Waals surface area (Å²) in [6.45, 7) is -1.09. The summed E-state index contributed by atoms with van der Waals surface area (Å²) in [6.07, 6.45) is -5.36. The van der Waals surface area contributed by atoms with Crippen LogP contribution in [0.3, 0.4) is 0 Å². The van der Waals surface area contributed by atoms with Crippen LogP contribution in [0.5, 0.6) is 0 Å². The van der Waals surface area contributed by atoms with Crippen molar-refractivity contribution < 1.29 is 36.3 Å². The molecule has 0 radical (unpaired) electrons. The van der Waals surface area contributed by atoms with Gasteiger partial charge in [-0.3, -0.25) is 9.59 Å². The lowest BCUT2D eigenvalue weighted by molar-refractivity contribution is -0.185. The Kier molecular flexibility index (Phi) is 3.27. The standard InChI is InChI=1S/C10H12F3NO5S/c11-10(12,13)7(15)14-3-6-4-20(18,19)2-1-9(6,5-14)8(16)17/h6H,1-5H2,(H,16,17)/t6-,9+/m0/s1. The summed E-state index contributed by atoms with van der Waals surface area (Å²) >= 11 is 0. The van der Waals surface area contributed by atoms with Gasteiger partial charge in [-0.15, -0.1) is 0 Å². The van der Waals surface area contributed by atoms with Gasteiger partial charge in [-0.25, -0.2) is 8.42 Å². The van der Waals surface area contributed by atoms with Crippen LogP contribution in [0.4, 0.5) is 13.2 Å². The summed E-state index contributed by atoms with van der Waals surface area (Å²) in [5, 5.41) is 9.26. The van der Waals surface area contributed by atoms with E-state index in [0.717, 1.165) is 0 Å². The second kappa shape index (κ2) is 4.34. The lowest BCUT2D eigenvalue weighted by Gasteiger charge is -2.33. The number of amides is 1. The van der Waals surface area contributed by atoms with E-state index in [1.165, 1.54) is 0 Å². The Labute approximate surface area is 112 Å². The smallest absolute Gasteiger partial charge is 0.471 e. The van der Waals surface area contributed by atoms with E-state index in [9.17, 15) is 36.3 Å². The summed E-state index contributed by atoms with van der Waals surface area (Å²) in [5.74, 6) is -5.35. The summed E-state index contributed by atoms with van der Waals surface area (Å²) in [5.41, 5.74) is -1.59. The molecule has 0 aromatic heterocycles. The lowest BCUT2D eigenvalue weighted by atomic mass is 9.76. The van der Waals surface area contributed by atoms with Crippen LogP contribution in [0.2, 0.25) is 0 Å². The molecule has 2 rings (SSSR count). The van der Waals surface area contributed by atoms with Gasteiger partial charge in [0, 0.05) is 19.0 Å². The fourth-order valence-corrected chi connectivity index (χ4v) is 4.76. The number of aliphatic carboxylic acids is 1. The molecule has 6 nitrogen and oxygen atoms in total. The number of rotatable bonds is 1.